The van der Waals surface area contributed by atoms with Crippen LogP contribution in [-0.2, 0) is 19.6 Å². The molecule has 146 valence electrons. The first-order valence-corrected chi connectivity index (χ1v) is 10.9. The van der Waals surface area contributed by atoms with E-state index in [-0.39, 0.29) is 16.9 Å². The number of hydrogen-bond acceptors (Lipinski definition) is 5. The zero-order valence-electron chi connectivity index (χ0n) is 15.1. The second-order valence-corrected chi connectivity index (χ2v) is 8.63. The van der Waals surface area contributed by atoms with Gasteiger partial charge in [-0.25, -0.2) is 13.1 Å². The third kappa shape index (κ3) is 6.87. The molecular formula is C18H27ClN2O4S. The Balaban J connectivity index is 1.69. The standard InChI is InChI=1S/C18H27ClN2O4S/c1-2-25-18(22)9-4-3-5-11-21-12-10-16(14-21)20-26(23,24)17-8-6-7-15(19)13-17/h6-8,13,16,20H,2-5,9-12,14H2,1H3. The number of esters is 1. The van der Waals surface area contributed by atoms with Gasteiger partial charge in [0.15, 0.2) is 0 Å². The molecule has 1 fully saturated rings. The van der Waals surface area contributed by atoms with Crippen molar-refractivity contribution in [1.82, 2.24) is 9.62 Å². The summed E-state index contributed by atoms with van der Waals surface area (Å²) in [4.78, 5) is 13.7. The number of halogens is 1. The summed E-state index contributed by atoms with van der Waals surface area (Å²) in [6, 6.07) is 6.21. The third-order valence-electron chi connectivity index (χ3n) is 4.36. The molecule has 1 atom stereocenters. The van der Waals surface area contributed by atoms with Gasteiger partial charge < -0.3 is 9.64 Å². The average Bonchev–Trinajstić information content (AvgIpc) is 3.01. The summed E-state index contributed by atoms with van der Waals surface area (Å²) in [5.41, 5.74) is 0. The largest absolute Gasteiger partial charge is 0.466 e. The van der Waals surface area contributed by atoms with Crippen LogP contribution in [0.2, 0.25) is 5.02 Å². The highest BCUT2D eigenvalue weighted by Gasteiger charge is 2.27. The quantitative estimate of drug-likeness (QED) is 0.481. The van der Waals surface area contributed by atoms with Crippen LogP contribution in [0.1, 0.15) is 39.0 Å². The Labute approximate surface area is 160 Å². The van der Waals surface area contributed by atoms with Gasteiger partial charge in [-0.05, 0) is 57.5 Å². The van der Waals surface area contributed by atoms with E-state index in [1.807, 2.05) is 6.92 Å². The smallest absolute Gasteiger partial charge is 0.305 e. The van der Waals surface area contributed by atoms with E-state index < -0.39 is 10.0 Å². The maximum absolute atomic E-state index is 12.4. The molecular weight excluding hydrogens is 376 g/mol. The Hall–Kier alpha value is -1.15. The van der Waals surface area contributed by atoms with Crippen molar-refractivity contribution in [3.8, 4) is 0 Å². The van der Waals surface area contributed by atoms with Crippen molar-refractivity contribution in [3.63, 3.8) is 0 Å². The number of nitrogens with zero attached hydrogens (tertiary/aromatic N) is 1. The summed E-state index contributed by atoms with van der Waals surface area (Å²) in [7, 11) is -3.55. The Morgan fingerprint density at radius 2 is 2.15 bits per heavy atom. The number of hydrogen-bond donors (Lipinski definition) is 1. The van der Waals surface area contributed by atoms with Gasteiger partial charge in [-0.2, -0.15) is 0 Å². The van der Waals surface area contributed by atoms with Crippen molar-refractivity contribution >= 4 is 27.6 Å². The highest BCUT2D eigenvalue weighted by molar-refractivity contribution is 7.89. The number of sulfonamides is 1. The number of likely N-dealkylation sites (tertiary alicyclic amines) is 1. The molecule has 0 saturated carbocycles. The van der Waals surface area contributed by atoms with Gasteiger partial charge in [0.25, 0.3) is 0 Å². The lowest BCUT2D eigenvalue weighted by atomic mass is 10.2. The number of rotatable bonds is 10. The number of carbonyl (C=O) groups excluding carboxylic acids is 1. The highest BCUT2D eigenvalue weighted by atomic mass is 35.5. The first-order chi connectivity index (χ1) is 12.4. The molecule has 1 N–H and O–H groups in total. The molecule has 1 unspecified atom stereocenters. The summed E-state index contributed by atoms with van der Waals surface area (Å²) in [6.07, 6.45) is 4.05. The number of ether oxygens (including phenoxy) is 1. The van der Waals surface area contributed by atoms with Crippen molar-refractivity contribution in [3.05, 3.63) is 29.3 Å². The monoisotopic (exact) mass is 402 g/mol. The van der Waals surface area contributed by atoms with Crippen molar-refractivity contribution < 1.29 is 17.9 Å². The molecule has 1 saturated heterocycles. The maximum Gasteiger partial charge on any atom is 0.305 e. The van der Waals surface area contributed by atoms with E-state index in [1.165, 1.54) is 6.07 Å². The molecule has 1 aromatic rings. The molecule has 0 bridgehead atoms. The molecule has 1 heterocycles. The van der Waals surface area contributed by atoms with E-state index in [4.69, 9.17) is 16.3 Å². The SMILES string of the molecule is CCOC(=O)CCCCCN1CCC(NS(=O)(=O)c2cccc(Cl)c2)C1. The fourth-order valence-electron chi connectivity index (χ4n) is 3.07. The second-order valence-electron chi connectivity index (χ2n) is 6.48. The molecule has 0 aromatic heterocycles. The summed E-state index contributed by atoms with van der Waals surface area (Å²) in [5.74, 6) is -0.135. The van der Waals surface area contributed by atoms with Crippen LogP contribution in [0.3, 0.4) is 0 Å². The predicted molar refractivity (Wildman–Crippen MR) is 102 cm³/mol. The molecule has 1 aromatic carbocycles. The third-order valence-corrected chi connectivity index (χ3v) is 6.11. The van der Waals surface area contributed by atoms with E-state index in [0.717, 1.165) is 38.8 Å². The number of carbonyl (C=O) groups is 1. The van der Waals surface area contributed by atoms with Crippen LogP contribution in [-0.4, -0.2) is 51.6 Å². The van der Waals surface area contributed by atoms with Crippen LogP contribution in [0.5, 0.6) is 0 Å². The van der Waals surface area contributed by atoms with Crippen molar-refractivity contribution in [2.75, 3.05) is 26.2 Å². The lowest BCUT2D eigenvalue weighted by molar-refractivity contribution is -0.143. The van der Waals surface area contributed by atoms with E-state index >= 15 is 0 Å². The number of benzene rings is 1. The molecule has 6 nitrogen and oxygen atoms in total. The predicted octanol–water partition coefficient (Wildman–Crippen LogP) is 2.82. The fraction of sp³-hybridized carbons (Fsp3) is 0.611. The fourth-order valence-corrected chi connectivity index (χ4v) is 4.63. The Morgan fingerprint density at radius 3 is 2.88 bits per heavy atom. The lowest BCUT2D eigenvalue weighted by Gasteiger charge is -2.16. The first-order valence-electron chi connectivity index (χ1n) is 9.06. The lowest BCUT2D eigenvalue weighted by Crippen LogP contribution is -2.37. The summed E-state index contributed by atoms with van der Waals surface area (Å²) >= 11 is 5.88. The van der Waals surface area contributed by atoms with Crippen molar-refractivity contribution in [1.29, 1.82) is 0 Å². The van der Waals surface area contributed by atoms with Crippen LogP contribution in [0.4, 0.5) is 0 Å². The van der Waals surface area contributed by atoms with Gasteiger partial charge in [0, 0.05) is 24.0 Å². The highest BCUT2D eigenvalue weighted by Crippen LogP contribution is 2.18. The Bertz CT molecular complexity index is 696. The van der Waals surface area contributed by atoms with Gasteiger partial charge in [-0.3, -0.25) is 4.79 Å². The molecule has 0 aliphatic carbocycles. The van der Waals surface area contributed by atoms with E-state index in [0.29, 0.717) is 24.6 Å². The summed E-state index contributed by atoms with van der Waals surface area (Å²) < 4.78 is 32.5. The minimum Gasteiger partial charge on any atom is -0.466 e. The van der Waals surface area contributed by atoms with Crippen molar-refractivity contribution in [2.24, 2.45) is 0 Å². The molecule has 0 spiro atoms. The van der Waals surface area contributed by atoms with Crippen molar-refractivity contribution in [2.45, 2.75) is 50.0 Å². The minimum absolute atomic E-state index is 0.0847. The van der Waals surface area contributed by atoms with Gasteiger partial charge in [0.1, 0.15) is 0 Å². The maximum atomic E-state index is 12.4. The zero-order valence-corrected chi connectivity index (χ0v) is 16.7. The van der Waals surface area contributed by atoms with Gasteiger partial charge in [0.05, 0.1) is 11.5 Å². The van der Waals surface area contributed by atoms with E-state index in [9.17, 15) is 13.2 Å². The molecule has 1 aliphatic heterocycles. The Morgan fingerprint density at radius 1 is 1.35 bits per heavy atom. The van der Waals surface area contributed by atoms with E-state index in [2.05, 4.69) is 9.62 Å². The topological polar surface area (TPSA) is 75.7 Å². The van der Waals surface area contributed by atoms with Crippen LogP contribution in [0.25, 0.3) is 0 Å². The molecule has 0 amide bonds. The summed E-state index contributed by atoms with van der Waals surface area (Å²) in [6.45, 7) is 4.73. The summed E-state index contributed by atoms with van der Waals surface area (Å²) in [5, 5.41) is 0.406. The average molecular weight is 403 g/mol. The zero-order chi connectivity index (χ0) is 19.0. The minimum atomic E-state index is -3.55. The van der Waals surface area contributed by atoms with Gasteiger partial charge in [0.2, 0.25) is 10.0 Å². The number of nitrogens with one attached hydrogen (secondary N) is 1. The Kier molecular flexibility index (Phi) is 8.34. The van der Waals surface area contributed by atoms with Crippen LogP contribution in [0, 0.1) is 0 Å². The van der Waals surface area contributed by atoms with Crippen LogP contribution < -0.4 is 4.72 Å². The normalized spacial score (nSPS) is 18.2. The van der Waals surface area contributed by atoms with Gasteiger partial charge in [-0.15, -0.1) is 0 Å². The van der Waals surface area contributed by atoms with Gasteiger partial charge in [-0.1, -0.05) is 24.1 Å². The van der Waals surface area contributed by atoms with Crippen LogP contribution >= 0.6 is 11.6 Å². The van der Waals surface area contributed by atoms with Crippen LogP contribution in [0.15, 0.2) is 29.2 Å². The first kappa shape index (κ1) is 21.2. The van der Waals surface area contributed by atoms with E-state index in [1.54, 1.807) is 18.2 Å². The molecule has 0 radical (unpaired) electrons. The molecule has 1 aliphatic rings. The molecule has 26 heavy (non-hydrogen) atoms. The number of unbranched alkanes of at least 4 members (excludes halogenated alkanes) is 2. The molecule has 8 heteroatoms. The second kappa shape index (κ2) is 10.3. The van der Waals surface area contributed by atoms with Gasteiger partial charge >= 0.3 is 5.97 Å². The molecule has 2 rings (SSSR count).